The fraction of sp³-hybridized carbons (Fsp3) is 0.250. The number of aromatic nitrogens is 3. The van der Waals surface area contributed by atoms with Crippen molar-refractivity contribution in [2.75, 3.05) is 13.1 Å². The van der Waals surface area contributed by atoms with Crippen molar-refractivity contribution in [3.05, 3.63) is 60.3 Å². The number of likely N-dealkylation sites (tertiary alicyclic amines) is 1. The molecule has 1 amide bonds. The summed E-state index contributed by atoms with van der Waals surface area (Å²) in [6.45, 7) is 1.53. The first-order valence-corrected chi connectivity index (χ1v) is 8.78. The average Bonchev–Trinajstić information content (AvgIpc) is 3.14. The molecule has 1 fully saturated rings. The zero-order chi connectivity index (χ0) is 17.9. The summed E-state index contributed by atoms with van der Waals surface area (Å²) in [5, 5.41) is 7.32. The summed E-state index contributed by atoms with van der Waals surface area (Å²) in [5.41, 5.74) is 3.45. The van der Waals surface area contributed by atoms with Crippen LogP contribution in [0.15, 0.2) is 48.8 Å². The molecule has 0 atom stereocenters. The summed E-state index contributed by atoms with van der Waals surface area (Å²) in [6, 6.07) is 9.84. The van der Waals surface area contributed by atoms with Crippen molar-refractivity contribution < 1.29 is 9.18 Å². The minimum absolute atomic E-state index is 0.0441. The molecule has 1 saturated heterocycles. The fourth-order valence-corrected chi connectivity index (χ4v) is 3.37. The fourth-order valence-electron chi connectivity index (χ4n) is 3.37. The third kappa shape index (κ3) is 3.10. The number of H-pyrrole nitrogens is 1. The van der Waals surface area contributed by atoms with Gasteiger partial charge in [-0.25, -0.2) is 4.39 Å². The van der Waals surface area contributed by atoms with Gasteiger partial charge in [0.2, 0.25) is 0 Å². The Morgan fingerprint density at radius 2 is 1.65 bits per heavy atom. The predicted molar refractivity (Wildman–Crippen MR) is 97.0 cm³/mol. The zero-order valence-electron chi connectivity index (χ0n) is 14.3. The van der Waals surface area contributed by atoms with Crippen LogP contribution in [0.3, 0.4) is 0 Å². The normalized spacial score (nSPS) is 14.4. The number of carbonyl (C=O) groups excluding carboxylic acids is 1. The Bertz CT molecular complexity index is 899. The smallest absolute Gasteiger partial charge is 0.272 e. The van der Waals surface area contributed by atoms with E-state index < -0.39 is 0 Å². The number of hydrogen-bond acceptors (Lipinski definition) is 3. The Hall–Kier alpha value is -3.02. The molecule has 26 heavy (non-hydrogen) atoms. The van der Waals surface area contributed by atoms with E-state index in [0.717, 1.165) is 49.0 Å². The minimum atomic E-state index is -0.306. The maximum atomic E-state index is 13.3. The first-order chi connectivity index (χ1) is 12.7. The number of amides is 1. The van der Waals surface area contributed by atoms with Gasteiger partial charge in [0.25, 0.3) is 5.91 Å². The summed E-state index contributed by atoms with van der Waals surface area (Å²) >= 11 is 0. The number of benzene rings is 1. The lowest BCUT2D eigenvalue weighted by Gasteiger charge is -2.26. The highest BCUT2D eigenvalue weighted by Gasteiger charge is 2.26. The monoisotopic (exact) mass is 350 g/mol. The third-order valence-electron chi connectivity index (χ3n) is 4.71. The summed E-state index contributed by atoms with van der Waals surface area (Å²) < 4.78 is 13.3. The van der Waals surface area contributed by atoms with Gasteiger partial charge >= 0.3 is 0 Å². The highest BCUT2D eigenvalue weighted by Crippen LogP contribution is 2.34. The van der Waals surface area contributed by atoms with Gasteiger partial charge in [-0.05, 0) is 61.2 Å². The topological polar surface area (TPSA) is 61.9 Å². The van der Waals surface area contributed by atoms with Crippen molar-refractivity contribution in [1.82, 2.24) is 20.1 Å². The van der Waals surface area contributed by atoms with E-state index >= 15 is 0 Å². The van der Waals surface area contributed by atoms with Gasteiger partial charge < -0.3 is 4.90 Å². The number of aromatic amines is 1. The van der Waals surface area contributed by atoms with E-state index in [9.17, 15) is 9.18 Å². The molecule has 1 aromatic carbocycles. The molecule has 3 heterocycles. The molecule has 4 rings (SSSR count). The average molecular weight is 350 g/mol. The van der Waals surface area contributed by atoms with Crippen molar-refractivity contribution >= 4 is 5.91 Å². The first kappa shape index (κ1) is 16.4. The van der Waals surface area contributed by atoms with E-state index in [-0.39, 0.29) is 11.7 Å². The molecule has 132 valence electrons. The molecule has 2 aromatic heterocycles. The molecule has 0 saturated carbocycles. The van der Waals surface area contributed by atoms with E-state index in [0.29, 0.717) is 11.4 Å². The van der Waals surface area contributed by atoms with E-state index in [1.165, 1.54) is 12.1 Å². The van der Waals surface area contributed by atoms with Crippen LogP contribution in [-0.4, -0.2) is 39.1 Å². The SMILES string of the molecule is O=C(c1[nH]nc(-c2ccc(F)cc2)c1-c1ccncc1)N1CCCCC1. The minimum Gasteiger partial charge on any atom is -0.337 e. The summed E-state index contributed by atoms with van der Waals surface area (Å²) in [5.74, 6) is -0.350. The molecule has 5 nitrogen and oxygen atoms in total. The lowest BCUT2D eigenvalue weighted by molar-refractivity contribution is 0.0719. The highest BCUT2D eigenvalue weighted by molar-refractivity contribution is 6.02. The number of carbonyl (C=O) groups is 1. The third-order valence-corrected chi connectivity index (χ3v) is 4.71. The van der Waals surface area contributed by atoms with Crippen molar-refractivity contribution in [3.63, 3.8) is 0 Å². The summed E-state index contributed by atoms with van der Waals surface area (Å²) in [6.07, 6.45) is 6.58. The predicted octanol–water partition coefficient (Wildman–Crippen LogP) is 3.90. The number of piperidine rings is 1. The second-order valence-electron chi connectivity index (χ2n) is 6.42. The number of hydrogen-bond donors (Lipinski definition) is 1. The first-order valence-electron chi connectivity index (χ1n) is 8.78. The van der Waals surface area contributed by atoms with Crippen LogP contribution in [0, 0.1) is 5.82 Å². The number of pyridine rings is 1. The molecule has 3 aromatic rings. The van der Waals surface area contributed by atoms with Crippen LogP contribution in [0.2, 0.25) is 0 Å². The number of halogens is 1. The van der Waals surface area contributed by atoms with Crippen LogP contribution < -0.4 is 0 Å². The lowest BCUT2D eigenvalue weighted by atomic mass is 9.99. The lowest BCUT2D eigenvalue weighted by Crippen LogP contribution is -2.36. The number of nitrogens with zero attached hydrogens (tertiary/aromatic N) is 3. The van der Waals surface area contributed by atoms with Crippen LogP contribution >= 0.6 is 0 Å². The van der Waals surface area contributed by atoms with E-state index in [4.69, 9.17) is 0 Å². The Labute approximate surface area is 150 Å². The number of nitrogens with one attached hydrogen (secondary N) is 1. The Morgan fingerprint density at radius 1 is 0.962 bits per heavy atom. The maximum absolute atomic E-state index is 13.3. The van der Waals surface area contributed by atoms with E-state index in [1.54, 1.807) is 24.5 Å². The molecule has 0 aliphatic carbocycles. The number of rotatable bonds is 3. The zero-order valence-corrected chi connectivity index (χ0v) is 14.3. The molecule has 0 radical (unpaired) electrons. The molecule has 1 aliphatic rings. The largest absolute Gasteiger partial charge is 0.337 e. The molecule has 1 N–H and O–H groups in total. The van der Waals surface area contributed by atoms with Crippen LogP contribution in [-0.2, 0) is 0 Å². The molecule has 6 heteroatoms. The molecular weight excluding hydrogens is 331 g/mol. The maximum Gasteiger partial charge on any atom is 0.272 e. The Kier molecular flexibility index (Phi) is 4.48. The van der Waals surface area contributed by atoms with Gasteiger partial charge in [-0.2, -0.15) is 5.10 Å². The van der Waals surface area contributed by atoms with E-state index in [1.807, 2.05) is 17.0 Å². The van der Waals surface area contributed by atoms with Crippen LogP contribution in [0.25, 0.3) is 22.4 Å². The second kappa shape index (κ2) is 7.07. The standard InChI is InChI=1S/C20H19FN4O/c21-16-6-4-15(5-7-16)18-17(14-8-10-22-11-9-14)19(24-23-18)20(26)25-12-2-1-3-13-25/h4-11H,1-3,12-13H2,(H,23,24). The summed E-state index contributed by atoms with van der Waals surface area (Å²) in [7, 11) is 0. The molecular formula is C20H19FN4O. The molecule has 1 aliphatic heterocycles. The van der Waals surface area contributed by atoms with Gasteiger partial charge in [-0.1, -0.05) is 0 Å². The van der Waals surface area contributed by atoms with Crippen LogP contribution in [0.4, 0.5) is 4.39 Å². The molecule has 0 bridgehead atoms. The van der Waals surface area contributed by atoms with E-state index in [2.05, 4.69) is 15.2 Å². The Balaban J connectivity index is 1.82. The van der Waals surface area contributed by atoms with Crippen molar-refractivity contribution in [2.24, 2.45) is 0 Å². The van der Waals surface area contributed by atoms with Gasteiger partial charge in [0.05, 0.1) is 0 Å². The van der Waals surface area contributed by atoms with Gasteiger partial charge in [-0.3, -0.25) is 14.9 Å². The highest BCUT2D eigenvalue weighted by atomic mass is 19.1. The van der Waals surface area contributed by atoms with Crippen molar-refractivity contribution in [2.45, 2.75) is 19.3 Å². The Morgan fingerprint density at radius 3 is 2.35 bits per heavy atom. The quantitative estimate of drug-likeness (QED) is 0.779. The molecule has 0 spiro atoms. The van der Waals surface area contributed by atoms with Gasteiger partial charge in [-0.15, -0.1) is 0 Å². The second-order valence-corrected chi connectivity index (χ2v) is 6.42. The van der Waals surface area contributed by atoms with Crippen molar-refractivity contribution in [3.8, 4) is 22.4 Å². The summed E-state index contributed by atoms with van der Waals surface area (Å²) in [4.78, 5) is 19.0. The van der Waals surface area contributed by atoms with Crippen molar-refractivity contribution in [1.29, 1.82) is 0 Å². The van der Waals surface area contributed by atoms with Gasteiger partial charge in [0, 0.05) is 36.6 Å². The van der Waals surface area contributed by atoms with Gasteiger partial charge in [0.1, 0.15) is 17.2 Å². The van der Waals surface area contributed by atoms with Gasteiger partial charge in [0.15, 0.2) is 0 Å². The molecule has 0 unspecified atom stereocenters. The van der Waals surface area contributed by atoms with Crippen LogP contribution in [0.5, 0.6) is 0 Å². The van der Waals surface area contributed by atoms with Crippen LogP contribution in [0.1, 0.15) is 29.8 Å².